The second-order valence-electron chi connectivity index (χ2n) is 3.89. The minimum Gasteiger partial charge on any atom is -0.383 e. The molecule has 98 valence electrons. The molecule has 0 saturated carbocycles. The molecule has 1 heterocycles. The van der Waals surface area contributed by atoms with Gasteiger partial charge in [0, 0.05) is 26.5 Å². The fourth-order valence-corrected chi connectivity index (χ4v) is 2.28. The van der Waals surface area contributed by atoms with Crippen LogP contribution in [0.15, 0.2) is 5.16 Å². The van der Waals surface area contributed by atoms with Gasteiger partial charge in [-0.2, -0.15) is 0 Å². The van der Waals surface area contributed by atoms with Gasteiger partial charge in [-0.3, -0.25) is 0 Å². The van der Waals surface area contributed by atoms with Gasteiger partial charge < -0.3 is 14.6 Å². The Bertz CT molecular complexity index is 316. The molecule has 0 aliphatic rings. The van der Waals surface area contributed by atoms with Crippen molar-refractivity contribution in [2.24, 2.45) is 7.05 Å². The first-order valence-corrected chi connectivity index (χ1v) is 6.92. The third-order valence-electron chi connectivity index (χ3n) is 2.51. The molecule has 0 aliphatic heterocycles. The predicted octanol–water partition coefficient (Wildman–Crippen LogP) is 1.23. The molecule has 1 rings (SSSR count). The lowest BCUT2D eigenvalue weighted by Crippen LogP contribution is -2.20. The molecule has 0 saturated heterocycles. The fraction of sp³-hybridized carbons (Fsp3) is 0.818. The molecule has 6 heteroatoms. The van der Waals surface area contributed by atoms with E-state index in [0.29, 0.717) is 0 Å². The van der Waals surface area contributed by atoms with E-state index < -0.39 is 0 Å². The summed E-state index contributed by atoms with van der Waals surface area (Å²) in [6.07, 6.45) is 2.38. The van der Waals surface area contributed by atoms with Crippen molar-refractivity contribution >= 4 is 11.8 Å². The third-order valence-corrected chi connectivity index (χ3v) is 3.62. The number of hydrogen-bond donors (Lipinski definition) is 1. The number of thioether (sulfide) groups is 1. The van der Waals surface area contributed by atoms with Crippen LogP contribution >= 0.6 is 11.8 Å². The summed E-state index contributed by atoms with van der Waals surface area (Å²) in [5, 5.41) is 12.5. The monoisotopic (exact) mass is 258 g/mol. The summed E-state index contributed by atoms with van der Waals surface area (Å²) in [5.41, 5.74) is 0. The molecule has 0 atom stereocenters. The second kappa shape index (κ2) is 8.49. The lowest BCUT2D eigenvalue weighted by atomic mass is 10.3. The Hall–Kier alpha value is -0.590. The van der Waals surface area contributed by atoms with E-state index in [1.54, 1.807) is 18.9 Å². The van der Waals surface area contributed by atoms with E-state index >= 15 is 0 Å². The van der Waals surface area contributed by atoms with Gasteiger partial charge in [0.2, 0.25) is 0 Å². The van der Waals surface area contributed by atoms with Crippen LogP contribution in [0.3, 0.4) is 0 Å². The van der Waals surface area contributed by atoms with Crippen LogP contribution in [0, 0.1) is 6.92 Å². The maximum absolute atomic E-state index is 4.96. The number of nitrogens with one attached hydrogen (secondary N) is 1. The third kappa shape index (κ3) is 5.52. The molecule has 0 radical (unpaired) electrons. The molecule has 0 aliphatic carbocycles. The average Bonchev–Trinajstić information content (AvgIpc) is 2.64. The SMILES string of the molecule is COCCNCCCCSc1nnc(C)n1C. The number of methoxy groups -OCH3 is 1. The Morgan fingerprint density at radius 3 is 2.76 bits per heavy atom. The highest BCUT2D eigenvalue weighted by Crippen LogP contribution is 2.16. The Morgan fingerprint density at radius 1 is 1.29 bits per heavy atom. The van der Waals surface area contributed by atoms with Crippen LogP contribution in [0.25, 0.3) is 0 Å². The number of nitrogens with zero attached hydrogens (tertiary/aromatic N) is 3. The molecule has 17 heavy (non-hydrogen) atoms. The lowest BCUT2D eigenvalue weighted by Gasteiger charge is -2.04. The molecule has 0 unspecified atom stereocenters. The van der Waals surface area contributed by atoms with Crippen LogP contribution in [-0.2, 0) is 11.8 Å². The van der Waals surface area contributed by atoms with E-state index in [1.807, 2.05) is 18.5 Å². The van der Waals surface area contributed by atoms with Crippen molar-refractivity contribution in [1.29, 1.82) is 0 Å². The molecule has 0 spiro atoms. The Kier molecular flexibility index (Phi) is 7.23. The van der Waals surface area contributed by atoms with Crippen LogP contribution in [0.5, 0.6) is 0 Å². The smallest absolute Gasteiger partial charge is 0.190 e. The van der Waals surface area contributed by atoms with Crippen molar-refractivity contribution in [2.75, 3.05) is 32.6 Å². The quantitative estimate of drug-likeness (QED) is 0.533. The first-order chi connectivity index (χ1) is 8.25. The summed E-state index contributed by atoms with van der Waals surface area (Å²) >= 11 is 1.77. The minimum absolute atomic E-state index is 0.785. The largest absolute Gasteiger partial charge is 0.383 e. The summed E-state index contributed by atoms with van der Waals surface area (Å²) in [7, 11) is 3.73. The Morgan fingerprint density at radius 2 is 2.12 bits per heavy atom. The maximum atomic E-state index is 4.96. The normalized spacial score (nSPS) is 11.0. The van der Waals surface area contributed by atoms with E-state index in [1.165, 1.54) is 12.8 Å². The van der Waals surface area contributed by atoms with Gasteiger partial charge in [-0.1, -0.05) is 11.8 Å². The summed E-state index contributed by atoms with van der Waals surface area (Å²) < 4.78 is 6.99. The molecule has 0 aromatic carbocycles. The molecule has 1 aromatic heterocycles. The van der Waals surface area contributed by atoms with Gasteiger partial charge in [-0.15, -0.1) is 10.2 Å². The first kappa shape index (κ1) is 14.5. The van der Waals surface area contributed by atoms with Crippen LogP contribution in [-0.4, -0.2) is 47.3 Å². The summed E-state index contributed by atoms with van der Waals surface area (Å²) in [6, 6.07) is 0. The highest BCUT2D eigenvalue weighted by Gasteiger charge is 2.04. The zero-order chi connectivity index (χ0) is 12.5. The van der Waals surface area contributed by atoms with Gasteiger partial charge in [-0.25, -0.2) is 0 Å². The summed E-state index contributed by atoms with van der Waals surface area (Å²) in [4.78, 5) is 0. The maximum Gasteiger partial charge on any atom is 0.190 e. The number of ether oxygens (including phenoxy) is 1. The summed E-state index contributed by atoms with van der Waals surface area (Å²) in [6.45, 7) is 4.75. The van der Waals surface area contributed by atoms with E-state index in [0.717, 1.165) is 36.4 Å². The molecule has 5 nitrogen and oxygen atoms in total. The van der Waals surface area contributed by atoms with E-state index in [9.17, 15) is 0 Å². The van der Waals surface area contributed by atoms with Gasteiger partial charge >= 0.3 is 0 Å². The van der Waals surface area contributed by atoms with Crippen molar-refractivity contribution in [1.82, 2.24) is 20.1 Å². The van der Waals surface area contributed by atoms with Crippen LogP contribution in [0.1, 0.15) is 18.7 Å². The predicted molar refractivity (Wildman–Crippen MR) is 70.4 cm³/mol. The molecular formula is C11H22N4OS. The average molecular weight is 258 g/mol. The molecule has 1 N–H and O–H groups in total. The van der Waals surface area contributed by atoms with Crippen LogP contribution in [0.4, 0.5) is 0 Å². The topological polar surface area (TPSA) is 52.0 Å². The van der Waals surface area contributed by atoms with E-state index in [-0.39, 0.29) is 0 Å². The summed E-state index contributed by atoms with van der Waals surface area (Å²) in [5.74, 6) is 2.06. The van der Waals surface area contributed by atoms with Crippen molar-refractivity contribution < 1.29 is 4.74 Å². The van der Waals surface area contributed by atoms with Crippen LogP contribution < -0.4 is 5.32 Å². The van der Waals surface area contributed by atoms with Gasteiger partial charge in [0.1, 0.15) is 5.82 Å². The zero-order valence-electron chi connectivity index (χ0n) is 10.9. The lowest BCUT2D eigenvalue weighted by molar-refractivity contribution is 0.199. The van der Waals surface area contributed by atoms with Crippen molar-refractivity contribution in [3.8, 4) is 0 Å². The van der Waals surface area contributed by atoms with E-state index in [4.69, 9.17) is 4.74 Å². The Balaban J connectivity index is 1.99. The molecular weight excluding hydrogens is 236 g/mol. The number of unbranched alkanes of at least 4 members (excludes halogenated alkanes) is 1. The van der Waals surface area contributed by atoms with Gasteiger partial charge in [0.15, 0.2) is 5.16 Å². The number of aromatic nitrogens is 3. The highest BCUT2D eigenvalue weighted by atomic mass is 32.2. The minimum atomic E-state index is 0.785. The first-order valence-electron chi connectivity index (χ1n) is 5.94. The number of rotatable bonds is 9. The van der Waals surface area contributed by atoms with E-state index in [2.05, 4.69) is 15.5 Å². The van der Waals surface area contributed by atoms with Crippen molar-refractivity contribution in [3.63, 3.8) is 0 Å². The number of aryl methyl sites for hydroxylation is 1. The standard InChI is InChI=1S/C11H22N4OS/c1-10-13-14-11(15(10)2)17-9-5-4-6-12-7-8-16-3/h12H,4-9H2,1-3H3. The molecule has 0 amide bonds. The fourth-order valence-electron chi connectivity index (χ4n) is 1.33. The van der Waals surface area contributed by atoms with Crippen molar-refractivity contribution in [3.05, 3.63) is 5.82 Å². The van der Waals surface area contributed by atoms with Crippen molar-refractivity contribution in [2.45, 2.75) is 24.9 Å². The van der Waals surface area contributed by atoms with Crippen LogP contribution in [0.2, 0.25) is 0 Å². The molecule has 0 bridgehead atoms. The van der Waals surface area contributed by atoms with Gasteiger partial charge in [-0.05, 0) is 26.3 Å². The highest BCUT2D eigenvalue weighted by molar-refractivity contribution is 7.99. The molecule has 1 aromatic rings. The zero-order valence-corrected chi connectivity index (χ0v) is 11.7. The Labute approximate surface area is 107 Å². The molecule has 0 fully saturated rings. The number of hydrogen-bond acceptors (Lipinski definition) is 5. The second-order valence-corrected chi connectivity index (χ2v) is 4.95. The van der Waals surface area contributed by atoms with Gasteiger partial charge in [0.05, 0.1) is 6.61 Å². The van der Waals surface area contributed by atoms with Gasteiger partial charge in [0.25, 0.3) is 0 Å².